The molecule has 0 saturated carbocycles. The number of hydrogen-bond acceptors (Lipinski definition) is 2. The van der Waals surface area contributed by atoms with E-state index >= 15 is 0 Å². The molecule has 0 aliphatic heterocycles. The van der Waals surface area contributed by atoms with Gasteiger partial charge >= 0.3 is 0 Å². The number of nitrogens with one attached hydrogen (secondary N) is 1. The third-order valence-corrected chi connectivity index (χ3v) is 2.84. The van der Waals surface area contributed by atoms with Gasteiger partial charge in [-0.15, -0.1) is 0 Å². The van der Waals surface area contributed by atoms with E-state index in [-0.39, 0.29) is 11.8 Å². The van der Waals surface area contributed by atoms with Gasteiger partial charge in [0.25, 0.3) is 0 Å². The summed E-state index contributed by atoms with van der Waals surface area (Å²) in [6, 6.07) is 7.24. The molecule has 21 heavy (non-hydrogen) atoms. The third kappa shape index (κ3) is 4.23. The Hall–Kier alpha value is -2.01. The molecule has 0 bridgehead atoms. The zero-order valence-corrected chi connectivity index (χ0v) is 11.8. The molecule has 0 saturated heterocycles. The van der Waals surface area contributed by atoms with Crippen LogP contribution in [-0.4, -0.2) is 6.04 Å². The maximum atomic E-state index is 13.6. The topological polar surface area (TPSA) is 21.3 Å². The molecule has 2 rings (SSSR count). The summed E-state index contributed by atoms with van der Waals surface area (Å²) in [5, 5.41) is 3.14. The van der Waals surface area contributed by atoms with Gasteiger partial charge in [0.15, 0.2) is 11.6 Å². The first-order valence-electron chi connectivity index (χ1n) is 6.60. The first-order valence-corrected chi connectivity index (χ1v) is 6.60. The molecule has 0 spiro atoms. The summed E-state index contributed by atoms with van der Waals surface area (Å²) >= 11 is 0. The largest absolute Gasteiger partial charge is 0.454 e. The van der Waals surface area contributed by atoms with Crippen molar-refractivity contribution >= 4 is 0 Å². The second-order valence-corrected chi connectivity index (χ2v) is 4.96. The lowest BCUT2D eigenvalue weighted by atomic mass is 10.2. The fourth-order valence-electron chi connectivity index (χ4n) is 1.78. The molecule has 2 nitrogen and oxygen atoms in total. The number of ether oxygens (including phenoxy) is 1. The number of rotatable bonds is 5. The van der Waals surface area contributed by atoms with E-state index in [0.717, 1.165) is 12.1 Å². The molecule has 0 unspecified atom stereocenters. The lowest BCUT2D eigenvalue weighted by Gasteiger charge is -2.14. The first-order chi connectivity index (χ1) is 9.95. The molecule has 2 aromatic carbocycles. The predicted molar refractivity (Wildman–Crippen MR) is 74.8 cm³/mol. The third-order valence-electron chi connectivity index (χ3n) is 2.84. The van der Waals surface area contributed by atoms with Crippen molar-refractivity contribution in [1.29, 1.82) is 0 Å². The molecule has 0 atom stereocenters. The predicted octanol–water partition coefficient (Wildman–Crippen LogP) is 4.39. The van der Waals surface area contributed by atoms with Gasteiger partial charge in [-0.25, -0.2) is 13.2 Å². The monoisotopic (exact) mass is 295 g/mol. The number of benzene rings is 2. The van der Waals surface area contributed by atoms with Gasteiger partial charge in [-0.3, -0.25) is 0 Å². The molecule has 2 aromatic rings. The summed E-state index contributed by atoms with van der Waals surface area (Å²) in [5.74, 6) is -1.66. The van der Waals surface area contributed by atoms with Crippen LogP contribution in [0.5, 0.6) is 11.5 Å². The second-order valence-electron chi connectivity index (χ2n) is 4.96. The fraction of sp³-hybridized carbons (Fsp3) is 0.250. The van der Waals surface area contributed by atoms with Gasteiger partial charge in [-0.05, 0) is 30.3 Å². The quantitative estimate of drug-likeness (QED) is 0.883. The Balaban J connectivity index is 2.26. The van der Waals surface area contributed by atoms with Crippen molar-refractivity contribution in [2.75, 3.05) is 0 Å². The van der Waals surface area contributed by atoms with Crippen molar-refractivity contribution < 1.29 is 17.9 Å². The highest BCUT2D eigenvalue weighted by Crippen LogP contribution is 2.28. The number of hydrogen-bond donors (Lipinski definition) is 1. The van der Waals surface area contributed by atoms with Gasteiger partial charge in [0.2, 0.25) is 0 Å². The van der Waals surface area contributed by atoms with Gasteiger partial charge in [-0.2, -0.15) is 0 Å². The second kappa shape index (κ2) is 6.63. The van der Waals surface area contributed by atoms with Gasteiger partial charge in [0, 0.05) is 24.2 Å². The van der Waals surface area contributed by atoms with Crippen LogP contribution in [0.25, 0.3) is 0 Å². The summed E-state index contributed by atoms with van der Waals surface area (Å²) < 4.78 is 45.2. The van der Waals surface area contributed by atoms with Crippen LogP contribution in [0, 0.1) is 17.5 Å². The summed E-state index contributed by atoms with van der Waals surface area (Å²) in [6.07, 6.45) is 0. The van der Waals surface area contributed by atoms with E-state index < -0.39 is 17.5 Å². The molecule has 0 radical (unpaired) electrons. The van der Waals surface area contributed by atoms with Gasteiger partial charge in [-0.1, -0.05) is 13.8 Å². The van der Waals surface area contributed by atoms with Gasteiger partial charge in [0.1, 0.15) is 17.4 Å². The van der Waals surface area contributed by atoms with Gasteiger partial charge < -0.3 is 10.1 Å². The molecule has 112 valence electrons. The van der Waals surface area contributed by atoms with Crippen molar-refractivity contribution in [2.24, 2.45) is 0 Å². The van der Waals surface area contributed by atoms with Crippen LogP contribution in [0.2, 0.25) is 0 Å². The normalized spacial score (nSPS) is 11.0. The SMILES string of the molecule is CC(C)NCc1cc(F)ccc1Oc1ccc(F)cc1F. The molecule has 0 fully saturated rings. The van der Waals surface area contributed by atoms with E-state index in [4.69, 9.17) is 4.74 Å². The Morgan fingerprint density at radius 1 is 0.952 bits per heavy atom. The maximum absolute atomic E-state index is 13.6. The van der Waals surface area contributed by atoms with E-state index in [0.29, 0.717) is 17.9 Å². The van der Waals surface area contributed by atoms with Crippen molar-refractivity contribution in [3.05, 3.63) is 59.4 Å². The summed E-state index contributed by atoms with van der Waals surface area (Å²) in [7, 11) is 0. The fourth-order valence-corrected chi connectivity index (χ4v) is 1.78. The zero-order valence-electron chi connectivity index (χ0n) is 11.8. The van der Waals surface area contributed by atoms with Crippen LogP contribution in [0.15, 0.2) is 36.4 Å². The summed E-state index contributed by atoms with van der Waals surface area (Å²) in [6.45, 7) is 4.30. The molecular weight excluding hydrogens is 279 g/mol. The molecule has 0 heterocycles. The highest BCUT2D eigenvalue weighted by molar-refractivity contribution is 5.38. The van der Waals surface area contributed by atoms with E-state index in [1.807, 2.05) is 13.8 Å². The van der Waals surface area contributed by atoms with Crippen molar-refractivity contribution in [1.82, 2.24) is 5.32 Å². The summed E-state index contributed by atoms with van der Waals surface area (Å²) in [4.78, 5) is 0. The Bertz CT molecular complexity index is 629. The lowest BCUT2D eigenvalue weighted by Crippen LogP contribution is -2.22. The maximum Gasteiger partial charge on any atom is 0.168 e. The molecular formula is C16H16F3NO. The van der Waals surface area contributed by atoms with Gasteiger partial charge in [0.05, 0.1) is 0 Å². The minimum Gasteiger partial charge on any atom is -0.454 e. The van der Waals surface area contributed by atoms with Crippen LogP contribution >= 0.6 is 0 Å². The smallest absolute Gasteiger partial charge is 0.168 e. The zero-order chi connectivity index (χ0) is 15.4. The molecule has 1 N–H and O–H groups in total. The van der Waals surface area contributed by atoms with Crippen LogP contribution < -0.4 is 10.1 Å². The molecule has 0 amide bonds. The lowest BCUT2D eigenvalue weighted by molar-refractivity contribution is 0.428. The molecule has 0 aliphatic rings. The minimum absolute atomic E-state index is 0.103. The van der Waals surface area contributed by atoms with Crippen molar-refractivity contribution in [3.8, 4) is 11.5 Å². The van der Waals surface area contributed by atoms with Crippen LogP contribution in [0.4, 0.5) is 13.2 Å². The number of halogens is 3. The Morgan fingerprint density at radius 3 is 2.19 bits per heavy atom. The van der Waals surface area contributed by atoms with E-state index in [9.17, 15) is 13.2 Å². The van der Waals surface area contributed by atoms with E-state index in [2.05, 4.69) is 5.32 Å². The van der Waals surface area contributed by atoms with Crippen LogP contribution in [-0.2, 0) is 6.54 Å². The Labute approximate surface area is 121 Å². The average Bonchev–Trinajstić information content (AvgIpc) is 2.41. The average molecular weight is 295 g/mol. The molecule has 0 aromatic heterocycles. The molecule has 5 heteroatoms. The first kappa shape index (κ1) is 15.4. The van der Waals surface area contributed by atoms with E-state index in [1.165, 1.54) is 24.3 Å². The van der Waals surface area contributed by atoms with E-state index in [1.54, 1.807) is 0 Å². The highest BCUT2D eigenvalue weighted by Gasteiger charge is 2.11. The minimum atomic E-state index is -0.804. The highest BCUT2D eigenvalue weighted by atomic mass is 19.1. The molecule has 0 aliphatic carbocycles. The Kier molecular flexibility index (Phi) is 4.85. The van der Waals surface area contributed by atoms with Crippen LogP contribution in [0.3, 0.4) is 0 Å². The van der Waals surface area contributed by atoms with Crippen molar-refractivity contribution in [3.63, 3.8) is 0 Å². The standard InChI is InChI=1S/C16H16F3NO/c1-10(2)20-9-11-7-12(17)3-5-15(11)21-16-6-4-13(18)8-14(16)19/h3-8,10,20H,9H2,1-2H3. The van der Waals surface area contributed by atoms with Crippen molar-refractivity contribution in [2.45, 2.75) is 26.4 Å². The Morgan fingerprint density at radius 2 is 1.57 bits per heavy atom. The van der Waals surface area contributed by atoms with Crippen LogP contribution in [0.1, 0.15) is 19.4 Å². The summed E-state index contributed by atoms with van der Waals surface area (Å²) in [5.41, 5.74) is 0.562.